The Morgan fingerprint density at radius 3 is 2.69 bits per heavy atom. The van der Waals surface area contributed by atoms with Crippen LogP contribution in [-0.4, -0.2) is 20.3 Å². The first kappa shape index (κ1) is 9.99. The first-order chi connectivity index (χ1) is 6.33. The molecular weight excluding hydrogens is 169 g/mol. The lowest BCUT2D eigenvalue weighted by Gasteiger charge is -2.14. The van der Waals surface area contributed by atoms with Crippen molar-refractivity contribution in [3.05, 3.63) is 29.8 Å². The second kappa shape index (κ2) is 4.82. The van der Waals surface area contributed by atoms with Gasteiger partial charge in [0.1, 0.15) is 5.75 Å². The van der Waals surface area contributed by atoms with Crippen molar-refractivity contribution in [1.82, 2.24) is 0 Å². The molecule has 0 spiro atoms. The zero-order valence-electron chi connectivity index (χ0n) is 7.66. The smallest absolute Gasteiger partial charge is 0.122 e. The SMILES string of the molecule is COc1ccccc1C(CN)CF. The van der Waals surface area contributed by atoms with Crippen LogP contribution in [0, 0.1) is 0 Å². The Morgan fingerprint density at radius 2 is 2.15 bits per heavy atom. The van der Waals surface area contributed by atoms with Crippen molar-refractivity contribution in [2.24, 2.45) is 5.73 Å². The summed E-state index contributed by atoms with van der Waals surface area (Å²) < 4.78 is 17.6. The van der Waals surface area contributed by atoms with E-state index in [9.17, 15) is 4.39 Å². The highest BCUT2D eigenvalue weighted by Gasteiger charge is 2.13. The summed E-state index contributed by atoms with van der Waals surface area (Å²) in [5.41, 5.74) is 6.29. The Balaban J connectivity index is 2.96. The van der Waals surface area contributed by atoms with E-state index < -0.39 is 6.67 Å². The molecule has 3 heteroatoms. The fourth-order valence-electron chi connectivity index (χ4n) is 1.28. The second-order valence-corrected chi connectivity index (χ2v) is 2.83. The molecule has 2 nitrogen and oxygen atoms in total. The van der Waals surface area contributed by atoms with Crippen LogP contribution >= 0.6 is 0 Å². The zero-order valence-corrected chi connectivity index (χ0v) is 7.66. The van der Waals surface area contributed by atoms with E-state index in [2.05, 4.69) is 0 Å². The Labute approximate surface area is 77.5 Å². The normalized spacial score (nSPS) is 12.5. The lowest BCUT2D eigenvalue weighted by Crippen LogP contribution is -2.15. The van der Waals surface area contributed by atoms with E-state index in [1.54, 1.807) is 7.11 Å². The molecule has 0 fully saturated rings. The summed E-state index contributed by atoms with van der Waals surface area (Å²) in [5.74, 6) is 0.451. The minimum absolute atomic E-state index is 0.254. The van der Waals surface area contributed by atoms with Gasteiger partial charge in [0.05, 0.1) is 13.8 Å². The van der Waals surface area contributed by atoms with Crippen molar-refractivity contribution >= 4 is 0 Å². The molecule has 0 aliphatic carbocycles. The molecule has 1 rings (SSSR count). The molecule has 0 aromatic heterocycles. The van der Waals surface area contributed by atoms with E-state index in [0.717, 1.165) is 5.56 Å². The fraction of sp³-hybridized carbons (Fsp3) is 0.400. The summed E-state index contributed by atoms with van der Waals surface area (Å²) in [6.45, 7) is -0.145. The number of benzene rings is 1. The maximum atomic E-state index is 12.5. The predicted molar refractivity (Wildman–Crippen MR) is 50.8 cm³/mol. The first-order valence-electron chi connectivity index (χ1n) is 4.22. The maximum absolute atomic E-state index is 12.5. The van der Waals surface area contributed by atoms with Gasteiger partial charge < -0.3 is 10.5 Å². The van der Waals surface area contributed by atoms with Crippen LogP contribution in [0.4, 0.5) is 4.39 Å². The van der Waals surface area contributed by atoms with Crippen LogP contribution in [0.3, 0.4) is 0 Å². The van der Waals surface area contributed by atoms with Gasteiger partial charge in [-0.25, -0.2) is 0 Å². The largest absolute Gasteiger partial charge is 0.496 e. The molecule has 0 saturated heterocycles. The van der Waals surface area contributed by atoms with Gasteiger partial charge in [0.2, 0.25) is 0 Å². The molecule has 0 aliphatic heterocycles. The summed E-state index contributed by atoms with van der Waals surface area (Å²) >= 11 is 0. The van der Waals surface area contributed by atoms with Gasteiger partial charge in [0, 0.05) is 18.0 Å². The summed E-state index contributed by atoms with van der Waals surface area (Å²) in [7, 11) is 1.57. The van der Waals surface area contributed by atoms with E-state index in [1.165, 1.54) is 0 Å². The number of para-hydroxylation sites is 1. The van der Waals surface area contributed by atoms with Crippen LogP contribution in [0.5, 0.6) is 5.75 Å². The molecule has 1 unspecified atom stereocenters. The number of nitrogens with two attached hydrogens (primary N) is 1. The van der Waals surface area contributed by atoms with Crippen molar-refractivity contribution in [1.29, 1.82) is 0 Å². The van der Waals surface area contributed by atoms with E-state index in [0.29, 0.717) is 12.3 Å². The third-order valence-corrected chi connectivity index (χ3v) is 2.05. The van der Waals surface area contributed by atoms with Crippen LogP contribution in [0.1, 0.15) is 11.5 Å². The third kappa shape index (κ3) is 2.18. The lowest BCUT2D eigenvalue weighted by molar-refractivity contribution is 0.388. The molecule has 1 aromatic carbocycles. The third-order valence-electron chi connectivity index (χ3n) is 2.05. The molecule has 0 heterocycles. The highest BCUT2D eigenvalue weighted by atomic mass is 19.1. The summed E-state index contributed by atoms with van der Waals surface area (Å²) in [4.78, 5) is 0. The molecule has 2 N–H and O–H groups in total. The molecule has 0 saturated carbocycles. The van der Waals surface area contributed by atoms with Crippen molar-refractivity contribution in [3.8, 4) is 5.75 Å². The molecular formula is C10H14FNO. The molecule has 0 amide bonds. The van der Waals surface area contributed by atoms with Crippen molar-refractivity contribution in [2.75, 3.05) is 20.3 Å². The number of hydrogen-bond donors (Lipinski definition) is 1. The number of methoxy groups -OCH3 is 1. The second-order valence-electron chi connectivity index (χ2n) is 2.83. The average molecular weight is 183 g/mol. The van der Waals surface area contributed by atoms with E-state index in [4.69, 9.17) is 10.5 Å². The summed E-state index contributed by atoms with van der Waals surface area (Å²) in [5, 5.41) is 0. The zero-order chi connectivity index (χ0) is 9.68. The van der Waals surface area contributed by atoms with Crippen LogP contribution in [0.25, 0.3) is 0 Å². The number of rotatable bonds is 4. The number of alkyl halides is 1. The van der Waals surface area contributed by atoms with Gasteiger partial charge >= 0.3 is 0 Å². The minimum Gasteiger partial charge on any atom is -0.496 e. The van der Waals surface area contributed by atoms with Gasteiger partial charge in [0.15, 0.2) is 0 Å². The van der Waals surface area contributed by atoms with E-state index in [-0.39, 0.29) is 5.92 Å². The highest BCUT2D eigenvalue weighted by molar-refractivity contribution is 5.36. The van der Waals surface area contributed by atoms with Crippen LogP contribution in [-0.2, 0) is 0 Å². The van der Waals surface area contributed by atoms with E-state index >= 15 is 0 Å². The predicted octanol–water partition coefficient (Wildman–Crippen LogP) is 1.71. The molecule has 13 heavy (non-hydrogen) atoms. The van der Waals surface area contributed by atoms with Crippen LogP contribution < -0.4 is 10.5 Å². The molecule has 72 valence electrons. The first-order valence-corrected chi connectivity index (χ1v) is 4.22. The molecule has 1 aromatic rings. The van der Waals surface area contributed by atoms with Gasteiger partial charge in [-0.15, -0.1) is 0 Å². The summed E-state index contributed by atoms with van der Waals surface area (Å²) in [6, 6.07) is 7.37. The van der Waals surface area contributed by atoms with Crippen molar-refractivity contribution < 1.29 is 9.13 Å². The minimum atomic E-state index is -0.448. The summed E-state index contributed by atoms with van der Waals surface area (Å²) in [6.07, 6.45) is 0. The standard InChI is InChI=1S/C10H14FNO/c1-13-10-5-3-2-4-9(10)8(6-11)7-12/h2-5,8H,6-7,12H2,1H3. The lowest BCUT2D eigenvalue weighted by atomic mass is 10.00. The van der Waals surface area contributed by atoms with Crippen molar-refractivity contribution in [2.45, 2.75) is 5.92 Å². The quantitative estimate of drug-likeness (QED) is 0.771. The Kier molecular flexibility index (Phi) is 3.71. The maximum Gasteiger partial charge on any atom is 0.122 e. The van der Waals surface area contributed by atoms with Crippen molar-refractivity contribution in [3.63, 3.8) is 0 Å². The Hall–Kier alpha value is -1.09. The molecule has 0 bridgehead atoms. The average Bonchev–Trinajstić information content (AvgIpc) is 2.20. The van der Waals surface area contributed by atoms with E-state index in [1.807, 2.05) is 24.3 Å². The fourth-order valence-corrected chi connectivity index (χ4v) is 1.28. The topological polar surface area (TPSA) is 35.2 Å². The van der Waals surface area contributed by atoms with Gasteiger partial charge in [0.25, 0.3) is 0 Å². The molecule has 1 atom stereocenters. The number of halogens is 1. The van der Waals surface area contributed by atoms with Gasteiger partial charge in [-0.1, -0.05) is 18.2 Å². The Bertz CT molecular complexity index is 261. The monoisotopic (exact) mass is 183 g/mol. The van der Waals surface area contributed by atoms with Crippen LogP contribution in [0.15, 0.2) is 24.3 Å². The van der Waals surface area contributed by atoms with Gasteiger partial charge in [-0.05, 0) is 6.07 Å². The Morgan fingerprint density at radius 1 is 1.46 bits per heavy atom. The van der Waals surface area contributed by atoms with Crippen LogP contribution in [0.2, 0.25) is 0 Å². The molecule has 0 aliphatic rings. The number of hydrogen-bond acceptors (Lipinski definition) is 2. The van der Waals surface area contributed by atoms with Gasteiger partial charge in [-0.3, -0.25) is 4.39 Å². The molecule has 0 radical (unpaired) electrons. The number of ether oxygens (including phenoxy) is 1. The van der Waals surface area contributed by atoms with Gasteiger partial charge in [-0.2, -0.15) is 0 Å². The highest BCUT2D eigenvalue weighted by Crippen LogP contribution is 2.25.